The van der Waals surface area contributed by atoms with Gasteiger partial charge in [-0.05, 0) is 56.9 Å². The molecule has 1 N–H and O–H groups in total. The van der Waals surface area contributed by atoms with Crippen molar-refractivity contribution in [3.8, 4) is 0 Å². The van der Waals surface area contributed by atoms with Crippen LogP contribution in [0.25, 0.3) is 5.52 Å². The third-order valence-electron chi connectivity index (χ3n) is 5.29. The van der Waals surface area contributed by atoms with Crippen molar-refractivity contribution in [2.45, 2.75) is 45.6 Å². The highest BCUT2D eigenvalue weighted by Crippen LogP contribution is 2.22. The van der Waals surface area contributed by atoms with Crippen LogP contribution in [0.2, 0.25) is 0 Å². The average molecular weight is 408 g/mol. The van der Waals surface area contributed by atoms with Gasteiger partial charge in [0.25, 0.3) is 5.56 Å². The molecule has 4 rings (SSSR count). The van der Waals surface area contributed by atoms with Gasteiger partial charge in [-0.25, -0.2) is 9.31 Å². The smallest absolute Gasteiger partial charge is 0.338 e. The zero-order valence-electron chi connectivity index (χ0n) is 16.9. The highest BCUT2D eigenvalue weighted by molar-refractivity contribution is 5.93. The predicted octanol–water partition coefficient (Wildman–Crippen LogP) is 2.58. The molecule has 1 amide bonds. The Balaban J connectivity index is 1.41. The van der Waals surface area contributed by atoms with E-state index in [0.717, 1.165) is 36.9 Å². The summed E-state index contributed by atoms with van der Waals surface area (Å²) in [6.45, 7) is 2.34. The Morgan fingerprint density at radius 2 is 1.90 bits per heavy atom. The first-order valence-electron chi connectivity index (χ1n) is 10.2. The normalized spacial score (nSPS) is 13.1. The number of anilines is 1. The fourth-order valence-electron chi connectivity index (χ4n) is 3.78. The summed E-state index contributed by atoms with van der Waals surface area (Å²) >= 11 is 0. The number of amides is 1. The average Bonchev–Trinajstić information content (AvgIpc) is 3.13. The Morgan fingerprint density at radius 3 is 2.67 bits per heavy atom. The summed E-state index contributed by atoms with van der Waals surface area (Å²) in [7, 11) is 0. The van der Waals surface area contributed by atoms with Crippen molar-refractivity contribution in [2.24, 2.45) is 0 Å². The maximum atomic E-state index is 12.9. The Labute approximate surface area is 173 Å². The van der Waals surface area contributed by atoms with Crippen LogP contribution in [0.4, 0.5) is 5.69 Å². The minimum Gasteiger partial charge on any atom is -0.462 e. The molecular formula is C22H24N4O4. The third kappa shape index (κ3) is 3.98. The van der Waals surface area contributed by atoms with Gasteiger partial charge in [0.1, 0.15) is 5.52 Å². The number of carbonyl (C=O) groups is 2. The van der Waals surface area contributed by atoms with Gasteiger partial charge in [0.15, 0.2) is 0 Å². The number of hydrogen-bond acceptors (Lipinski definition) is 5. The topological polar surface area (TPSA) is 94.7 Å². The van der Waals surface area contributed by atoms with Crippen LogP contribution in [0.1, 0.15) is 47.8 Å². The van der Waals surface area contributed by atoms with Crippen molar-refractivity contribution in [2.75, 3.05) is 11.9 Å². The lowest BCUT2D eigenvalue weighted by molar-refractivity contribution is -0.116. The van der Waals surface area contributed by atoms with E-state index in [1.165, 1.54) is 0 Å². The van der Waals surface area contributed by atoms with Crippen LogP contribution in [0.15, 0.2) is 41.5 Å². The van der Waals surface area contributed by atoms with E-state index in [4.69, 9.17) is 4.74 Å². The van der Waals surface area contributed by atoms with Crippen molar-refractivity contribution in [3.05, 3.63) is 63.8 Å². The molecule has 0 atom stereocenters. The van der Waals surface area contributed by atoms with E-state index in [1.54, 1.807) is 52.7 Å². The molecule has 8 nitrogen and oxygen atoms in total. The maximum absolute atomic E-state index is 12.9. The van der Waals surface area contributed by atoms with Crippen LogP contribution in [0.3, 0.4) is 0 Å². The summed E-state index contributed by atoms with van der Waals surface area (Å²) in [4.78, 5) is 36.9. The zero-order valence-corrected chi connectivity index (χ0v) is 16.9. The van der Waals surface area contributed by atoms with E-state index in [2.05, 4.69) is 10.4 Å². The summed E-state index contributed by atoms with van der Waals surface area (Å²) in [6, 6.07) is 6.52. The van der Waals surface area contributed by atoms with E-state index in [-0.39, 0.29) is 24.4 Å². The Kier molecular flexibility index (Phi) is 5.65. The van der Waals surface area contributed by atoms with Gasteiger partial charge >= 0.3 is 5.97 Å². The van der Waals surface area contributed by atoms with Gasteiger partial charge in [0, 0.05) is 36.6 Å². The second-order valence-electron chi connectivity index (χ2n) is 7.32. The molecule has 0 fully saturated rings. The van der Waals surface area contributed by atoms with Crippen molar-refractivity contribution < 1.29 is 14.3 Å². The SMILES string of the molecule is CCOC(=O)c1ccc(NC(=O)CCn2ccn3nc4c(c3c2=O)CCCC4)cc1. The minimum absolute atomic E-state index is 0.111. The van der Waals surface area contributed by atoms with Gasteiger partial charge in [-0.3, -0.25) is 9.59 Å². The molecule has 0 spiro atoms. The summed E-state index contributed by atoms with van der Waals surface area (Å²) in [6.07, 6.45) is 7.57. The molecular weight excluding hydrogens is 384 g/mol. The molecule has 30 heavy (non-hydrogen) atoms. The van der Waals surface area contributed by atoms with Gasteiger partial charge in [0.05, 0.1) is 17.9 Å². The van der Waals surface area contributed by atoms with Gasteiger partial charge in [-0.15, -0.1) is 0 Å². The lowest BCUT2D eigenvalue weighted by Crippen LogP contribution is -2.24. The molecule has 2 aromatic heterocycles. The van der Waals surface area contributed by atoms with Gasteiger partial charge < -0.3 is 14.6 Å². The Bertz CT molecular complexity index is 1140. The molecule has 0 saturated heterocycles. The van der Waals surface area contributed by atoms with Crippen molar-refractivity contribution in [3.63, 3.8) is 0 Å². The lowest BCUT2D eigenvalue weighted by atomic mass is 9.97. The maximum Gasteiger partial charge on any atom is 0.338 e. The molecule has 0 unspecified atom stereocenters. The number of fused-ring (bicyclic) bond motifs is 3. The summed E-state index contributed by atoms with van der Waals surface area (Å²) < 4.78 is 8.17. The molecule has 0 bridgehead atoms. The number of benzene rings is 1. The van der Waals surface area contributed by atoms with E-state index >= 15 is 0 Å². The van der Waals surface area contributed by atoms with E-state index < -0.39 is 5.97 Å². The largest absolute Gasteiger partial charge is 0.462 e. The molecule has 1 aliphatic carbocycles. The second kappa shape index (κ2) is 8.52. The Morgan fingerprint density at radius 1 is 1.13 bits per heavy atom. The quantitative estimate of drug-likeness (QED) is 0.633. The molecule has 3 aromatic rings. The number of ether oxygens (including phenoxy) is 1. The molecule has 0 aliphatic heterocycles. The lowest BCUT2D eigenvalue weighted by Gasteiger charge is -2.10. The van der Waals surface area contributed by atoms with Crippen LogP contribution in [-0.2, 0) is 28.9 Å². The third-order valence-corrected chi connectivity index (χ3v) is 5.29. The second-order valence-corrected chi connectivity index (χ2v) is 7.32. The molecule has 2 heterocycles. The van der Waals surface area contributed by atoms with Crippen LogP contribution >= 0.6 is 0 Å². The Hall–Kier alpha value is -3.42. The fourth-order valence-corrected chi connectivity index (χ4v) is 3.78. The minimum atomic E-state index is -0.396. The monoisotopic (exact) mass is 408 g/mol. The zero-order chi connectivity index (χ0) is 21.1. The highest BCUT2D eigenvalue weighted by Gasteiger charge is 2.19. The van der Waals surface area contributed by atoms with E-state index in [1.807, 2.05) is 0 Å². The summed E-state index contributed by atoms with van der Waals surface area (Å²) in [5, 5.41) is 7.32. The standard InChI is InChI=1S/C22H24N4O4/c1-2-30-22(29)15-7-9-16(10-8-15)23-19(27)11-12-25-13-14-26-20(21(25)28)17-5-3-4-6-18(17)24-26/h7-10,13-14H,2-6,11-12H2,1H3,(H,23,27). The predicted molar refractivity (Wildman–Crippen MR) is 112 cm³/mol. The van der Waals surface area contributed by atoms with Gasteiger partial charge in [0.2, 0.25) is 5.91 Å². The van der Waals surface area contributed by atoms with Crippen LogP contribution in [0, 0.1) is 0 Å². The van der Waals surface area contributed by atoms with Crippen molar-refractivity contribution in [1.82, 2.24) is 14.2 Å². The first kappa shape index (κ1) is 19.9. The number of carbonyl (C=O) groups excluding carboxylic acids is 2. The summed E-state index contributed by atoms with van der Waals surface area (Å²) in [5.74, 6) is -0.603. The first-order valence-corrected chi connectivity index (χ1v) is 10.2. The van der Waals surface area contributed by atoms with Crippen LogP contribution < -0.4 is 10.9 Å². The van der Waals surface area contributed by atoms with Crippen LogP contribution in [0.5, 0.6) is 0 Å². The van der Waals surface area contributed by atoms with Crippen molar-refractivity contribution >= 4 is 23.1 Å². The van der Waals surface area contributed by atoms with E-state index in [9.17, 15) is 14.4 Å². The number of aromatic nitrogens is 3. The molecule has 0 radical (unpaired) electrons. The highest BCUT2D eigenvalue weighted by atomic mass is 16.5. The number of nitrogens with zero attached hydrogens (tertiary/aromatic N) is 3. The molecule has 1 aliphatic rings. The molecule has 0 saturated carbocycles. The molecule has 1 aromatic carbocycles. The number of hydrogen-bond donors (Lipinski definition) is 1. The fraction of sp³-hybridized carbons (Fsp3) is 0.364. The number of nitrogens with one attached hydrogen (secondary N) is 1. The van der Waals surface area contributed by atoms with Crippen LogP contribution in [-0.4, -0.2) is 32.7 Å². The number of esters is 1. The van der Waals surface area contributed by atoms with Gasteiger partial charge in [-0.1, -0.05) is 0 Å². The first-order chi connectivity index (χ1) is 14.6. The summed E-state index contributed by atoms with van der Waals surface area (Å²) in [5.41, 5.74) is 3.59. The molecule has 156 valence electrons. The number of aryl methyl sites for hydroxylation is 3. The number of rotatable bonds is 6. The van der Waals surface area contributed by atoms with Crippen molar-refractivity contribution in [1.29, 1.82) is 0 Å². The molecule has 8 heteroatoms. The van der Waals surface area contributed by atoms with Gasteiger partial charge in [-0.2, -0.15) is 5.10 Å². The van der Waals surface area contributed by atoms with E-state index in [0.29, 0.717) is 23.4 Å².